The first-order valence-electron chi connectivity index (χ1n) is 8.93. The van der Waals surface area contributed by atoms with E-state index >= 15 is 0 Å². The normalized spacial score (nSPS) is 17.5. The molecule has 0 radical (unpaired) electrons. The fourth-order valence-corrected chi connectivity index (χ4v) is 3.50. The number of amides is 2. The average Bonchev–Trinajstić information content (AvgIpc) is 2.76. The van der Waals surface area contributed by atoms with Crippen LogP contribution in [0, 0.1) is 5.92 Å². The van der Waals surface area contributed by atoms with Crippen molar-refractivity contribution in [1.82, 2.24) is 5.32 Å². The fraction of sp³-hybridized carbons (Fsp3) is 0.286. The molecular formula is C21H21Cl2N3O2. The number of fused-ring (bicyclic) bond motifs is 1. The molecule has 0 fully saturated rings. The molecule has 1 unspecified atom stereocenters. The highest BCUT2D eigenvalue weighted by Crippen LogP contribution is 2.25. The lowest BCUT2D eigenvalue weighted by atomic mass is 10.0. The van der Waals surface area contributed by atoms with Gasteiger partial charge < -0.3 is 10.2 Å². The molecule has 2 aromatic carbocycles. The lowest BCUT2D eigenvalue weighted by Gasteiger charge is -2.22. The summed E-state index contributed by atoms with van der Waals surface area (Å²) in [5.41, 5.74) is 3.25. The molecule has 1 N–H and O–H groups in total. The van der Waals surface area contributed by atoms with Crippen LogP contribution in [0.5, 0.6) is 0 Å². The molecule has 0 aromatic heterocycles. The maximum atomic E-state index is 12.8. The molecule has 5 nitrogen and oxygen atoms in total. The number of nitrogens with zero attached hydrogens (tertiary/aromatic N) is 2. The third-order valence-corrected chi connectivity index (χ3v) is 5.53. The number of anilines is 1. The van der Waals surface area contributed by atoms with Gasteiger partial charge >= 0.3 is 0 Å². The van der Waals surface area contributed by atoms with Gasteiger partial charge in [-0.2, -0.15) is 0 Å². The number of likely N-dealkylation sites (N-methyl/N-ethyl adjacent to an activating group) is 1. The van der Waals surface area contributed by atoms with E-state index in [1.807, 2.05) is 37.3 Å². The van der Waals surface area contributed by atoms with Gasteiger partial charge in [0.05, 0.1) is 15.7 Å². The van der Waals surface area contributed by atoms with Crippen LogP contribution in [0.3, 0.4) is 0 Å². The maximum absolute atomic E-state index is 12.8. The Balaban J connectivity index is 1.75. The van der Waals surface area contributed by atoms with E-state index in [0.29, 0.717) is 22.2 Å². The summed E-state index contributed by atoms with van der Waals surface area (Å²) >= 11 is 12.0. The van der Waals surface area contributed by atoms with Gasteiger partial charge in [-0.1, -0.05) is 54.4 Å². The quantitative estimate of drug-likeness (QED) is 0.813. The van der Waals surface area contributed by atoms with Gasteiger partial charge in [0, 0.05) is 24.2 Å². The minimum atomic E-state index is -0.957. The van der Waals surface area contributed by atoms with Gasteiger partial charge in [-0.3, -0.25) is 14.6 Å². The van der Waals surface area contributed by atoms with Crippen LogP contribution in [-0.2, 0) is 16.0 Å². The van der Waals surface area contributed by atoms with Gasteiger partial charge in [0.1, 0.15) is 0 Å². The predicted octanol–water partition coefficient (Wildman–Crippen LogP) is 4.10. The molecule has 0 spiro atoms. The van der Waals surface area contributed by atoms with Crippen molar-refractivity contribution in [2.24, 2.45) is 10.9 Å². The van der Waals surface area contributed by atoms with Gasteiger partial charge in [0.15, 0.2) is 0 Å². The smallest absolute Gasteiger partial charge is 0.272 e. The number of rotatable bonds is 4. The first kappa shape index (κ1) is 20.4. The molecule has 1 heterocycles. The monoisotopic (exact) mass is 417 g/mol. The zero-order chi connectivity index (χ0) is 20.4. The summed E-state index contributed by atoms with van der Waals surface area (Å²) in [4.78, 5) is 31.5. The van der Waals surface area contributed by atoms with Crippen LogP contribution < -0.4 is 10.2 Å². The summed E-state index contributed by atoms with van der Waals surface area (Å²) < 4.78 is 0. The molecule has 2 atom stereocenters. The van der Waals surface area contributed by atoms with Crippen molar-refractivity contribution in [2.45, 2.75) is 26.4 Å². The van der Waals surface area contributed by atoms with Crippen molar-refractivity contribution < 1.29 is 9.59 Å². The Morgan fingerprint density at radius 3 is 2.64 bits per heavy atom. The van der Waals surface area contributed by atoms with Crippen LogP contribution in [0.4, 0.5) is 5.69 Å². The summed E-state index contributed by atoms with van der Waals surface area (Å²) in [6, 6.07) is 12.8. The van der Waals surface area contributed by atoms with Crippen molar-refractivity contribution in [2.75, 3.05) is 11.9 Å². The zero-order valence-electron chi connectivity index (χ0n) is 15.9. The number of carbonyl (C=O) groups excluding carboxylic acids is 2. The van der Waals surface area contributed by atoms with E-state index in [9.17, 15) is 9.59 Å². The summed E-state index contributed by atoms with van der Waals surface area (Å²) in [5.74, 6) is -0.892. The Labute approximate surface area is 174 Å². The molecule has 2 amide bonds. The van der Waals surface area contributed by atoms with E-state index in [1.165, 1.54) is 4.90 Å². The zero-order valence-corrected chi connectivity index (χ0v) is 17.4. The highest BCUT2D eigenvalue weighted by molar-refractivity contribution is 6.42. The lowest BCUT2D eigenvalue weighted by molar-refractivity contribution is -0.129. The number of carbonyl (C=O) groups is 2. The molecule has 2 aromatic rings. The average molecular weight is 418 g/mol. The number of hydrogen-bond acceptors (Lipinski definition) is 3. The van der Waals surface area contributed by atoms with Crippen molar-refractivity contribution >= 4 is 46.4 Å². The Bertz CT molecular complexity index is 958. The van der Waals surface area contributed by atoms with Gasteiger partial charge in [-0.25, -0.2) is 0 Å². The number of benzodiazepines with no additional fused rings is 1. The second-order valence-corrected chi connectivity index (χ2v) is 7.71. The van der Waals surface area contributed by atoms with Gasteiger partial charge in [-0.05, 0) is 37.1 Å². The Morgan fingerprint density at radius 2 is 1.93 bits per heavy atom. The van der Waals surface area contributed by atoms with Crippen LogP contribution in [0.2, 0.25) is 10.0 Å². The molecule has 0 bridgehead atoms. The third-order valence-electron chi connectivity index (χ3n) is 4.79. The first-order chi connectivity index (χ1) is 13.3. The van der Waals surface area contributed by atoms with Crippen molar-refractivity contribution in [3.05, 3.63) is 63.6 Å². The van der Waals surface area contributed by atoms with E-state index in [2.05, 4.69) is 10.3 Å². The van der Waals surface area contributed by atoms with Crippen molar-refractivity contribution in [3.63, 3.8) is 0 Å². The van der Waals surface area contributed by atoms with Crippen LogP contribution >= 0.6 is 23.2 Å². The number of halogens is 2. The largest absolute Gasteiger partial charge is 0.326 e. The standard InChI is InChI=1S/C21H21Cl2N3O2/c1-12(10-14-8-9-16(22)17(23)11-14)20(27)25-19-21(28)26(3)18-7-5-4-6-15(18)13(2)24-19/h4-9,11-12,19H,10H2,1-3H3,(H,25,27)/t12-,19?/m0/s1. The first-order valence-corrected chi connectivity index (χ1v) is 9.69. The van der Waals surface area contributed by atoms with E-state index in [4.69, 9.17) is 23.2 Å². The minimum absolute atomic E-state index is 0.250. The lowest BCUT2D eigenvalue weighted by Crippen LogP contribution is -2.47. The molecule has 0 aliphatic carbocycles. The summed E-state index contributed by atoms with van der Waals surface area (Å²) in [6.07, 6.45) is -0.483. The Hall–Kier alpha value is -2.37. The van der Waals surface area contributed by atoms with Crippen LogP contribution in [-0.4, -0.2) is 30.7 Å². The molecular weight excluding hydrogens is 397 g/mol. The van der Waals surface area contributed by atoms with E-state index in [-0.39, 0.29) is 17.7 Å². The Kier molecular flexibility index (Phi) is 6.06. The second-order valence-electron chi connectivity index (χ2n) is 6.89. The molecule has 28 heavy (non-hydrogen) atoms. The van der Waals surface area contributed by atoms with Crippen LogP contribution in [0.1, 0.15) is 25.0 Å². The maximum Gasteiger partial charge on any atom is 0.272 e. The molecule has 7 heteroatoms. The number of aliphatic imine (C=N–C) groups is 1. The third kappa shape index (κ3) is 4.21. The second kappa shape index (κ2) is 8.33. The topological polar surface area (TPSA) is 61.8 Å². The van der Waals surface area contributed by atoms with E-state index in [1.54, 1.807) is 26.1 Å². The summed E-state index contributed by atoms with van der Waals surface area (Å²) in [7, 11) is 1.69. The molecule has 146 valence electrons. The number of nitrogens with one attached hydrogen (secondary N) is 1. The molecule has 0 saturated heterocycles. The van der Waals surface area contributed by atoms with Crippen molar-refractivity contribution in [3.8, 4) is 0 Å². The highest BCUT2D eigenvalue weighted by Gasteiger charge is 2.30. The summed E-state index contributed by atoms with van der Waals surface area (Å²) in [5, 5.41) is 3.69. The van der Waals surface area contributed by atoms with Gasteiger partial charge in [-0.15, -0.1) is 0 Å². The molecule has 3 rings (SSSR count). The van der Waals surface area contributed by atoms with Gasteiger partial charge in [0.25, 0.3) is 5.91 Å². The van der Waals surface area contributed by atoms with Gasteiger partial charge in [0.2, 0.25) is 12.1 Å². The number of hydrogen-bond donors (Lipinski definition) is 1. The van der Waals surface area contributed by atoms with Crippen LogP contribution in [0.25, 0.3) is 0 Å². The van der Waals surface area contributed by atoms with Crippen molar-refractivity contribution in [1.29, 1.82) is 0 Å². The van der Waals surface area contributed by atoms with Crippen LogP contribution in [0.15, 0.2) is 47.5 Å². The minimum Gasteiger partial charge on any atom is -0.326 e. The Morgan fingerprint density at radius 1 is 1.21 bits per heavy atom. The number of para-hydroxylation sites is 1. The highest BCUT2D eigenvalue weighted by atomic mass is 35.5. The predicted molar refractivity (Wildman–Crippen MR) is 113 cm³/mol. The number of benzene rings is 2. The molecule has 0 saturated carbocycles. The molecule has 1 aliphatic heterocycles. The summed E-state index contributed by atoms with van der Waals surface area (Å²) in [6.45, 7) is 3.64. The van der Waals surface area contributed by atoms with E-state index < -0.39 is 6.17 Å². The molecule has 1 aliphatic rings. The van der Waals surface area contributed by atoms with E-state index in [0.717, 1.165) is 16.8 Å². The fourth-order valence-electron chi connectivity index (χ4n) is 3.18. The SMILES string of the molecule is CC1=NC(NC(=O)[C@@H](C)Cc2ccc(Cl)c(Cl)c2)C(=O)N(C)c2ccccc21.